The molecule has 1 heterocycles. The zero-order chi connectivity index (χ0) is 12.1. The van der Waals surface area contributed by atoms with E-state index in [4.69, 9.17) is 0 Å². The molecule has 0 aliphatic rings. The molecule has 0 aliphatic carbocycles. The van der Waals surface area contributed by atoms with Gasteiger partial charge in [-0.1, -0.05) is 38.0 Å². The number of nitrogens with zero attached hydrogens (tertiary/aromatic N) is 1. The molecule has 2 heteroatoms. The van der Waals surface area contributed by atoms with E-state index < -0.39 is 0 Å². The SMILES string of the molecule is C/C=C/c1ccc2scnc2c1CCCCC. The van der Waals surface area contributed by atoms with E-state index >= 15 is 0 Å². The molecule has 2 rings (SSSR count). The Balaban J connectivity index is 2.38. The topological polar surface area (TPSA) is 12.9 Å². The highest BCUT2D eigenvalue weighted by Gasteiger charge is 2.07. The number of benzene rings is 1. The molecular formula is C15H19NS. The molecule has 90 valence electrons. The van der Waals surface area contributed by atoms with Crippen molar-refractivity contribution in [1.29, 1.82) is 0 Å². The second kappa shape index (κ2) is 5.97. The molecule has 1 nitrogen and oxygen atoms in total. The third-order valence-electron chi connectivity index (χ3n) is 3.02. The highest BCUT2D eigenvalue weighted by molar-refractivity contribution is 7.16. The van der Waals surface area contributed by atoms with Gasteiger partial charge in [0.05, 0.1) is 15.7 Å². The monoisotopic (exact) mass is 245 g/mol. The van der Waals surface area contributed by atoms with Gasteiger partial charge in [-0.15, -0.1) is 11.3 Å². The average Bonchev–Trinajstić information content (AvgIpc) is 2.80. The van der Waals surface area contributed by atoms with Crippen LogP contribution in [0.4, 0.5) is 0 Å². The standard InChI is InChI=1S/C15H19NS/c1-3-5-6-8-13-12(7-4-2)9-10-14-15(13)16-11-17-14/h4,7,9-11H,3,5-6,8H2,1-2H3/b7-4+. The van der Waals surface area contributed by atoms with Gasteiger partial charge in [0, 0.05) is 0 Å². The first kappa shape index (κ1) is 12.3. The van der Waals surface area contributed by atoms with Crippen molar-refractivity contribution in [3.05, 3.63) is 34.8 Å². The molecule has 0 fully saturated rings. The minimum atomic E-state index is 1.15. The second-order valence-corrected chi connectivity index (χ2v) is 5.18. The van der Waals surface area contributed by atoms with Crippen molar-refractivity contribution in [2.45, 2.75) is 39.5 Å². The zero-order valence-corrected chi connectivity index (χ0v) is 11.4. The average molecular weight is 245 g/mol. The Labute approximate surface area is 107 Å². The minimum Gasteiger partial charge on any atom is -0.244 e. The van der Waals surface area contributed by atoms with E-state index in [1.807, 2.05) is 5.51 Å². The quantitative estimate of drug-likeness (QED) is 0.671. The van der Waals surface area contributed by atoms with Gasteiger partial charge in [-0.3, -0.25) is 0 Å². The summed E-state index contributed by atoms with van der Waals surface area (Å²) in [7, 11) is 0. The van der Waals surface area contributed by atoms with Crippen molar-refractivity contribution in [3.8, 4) is 0 Å². The Morgan fingerprint density at radius 1 is 1.29 bits per heavy atom. The first-order valence-electron chi connectivity index (χ1n) is 6.34. The lowest BCUT2D eigenvalue weighted by molar-refractivity contribution is 0.718. The molecule has 1 aromatic carbocycles. The fourth-order valence-corrected chi connectivity index (χ4v) is 2.86. The van der Waals surface area contributed by atoms with Gasteiger partial charge in [0.25, 0.3) is 0 Å². The first-order valence-corrected chi connectivity index (χ1v) is 7.22. The van der Waals surface area contributed by atoms with E-state index in [0.717, 1.165) is 6.42 Å². The van der Waals surface area contributed by atoms with Gasteiger partial charge in [-0.05, 0) is 37.0 Å². The number of hydrogen-bond acceptors (Lipinski definition) is 2. The normalized spacial score (nSPS) is 11.6. The van der Waals surface area contributed by atoms with Crippen molar-refractivity contribution in [1.82, 2.24) is 4.98 Å². The number of thiazole rings is 1. The third kappa shape index (κ3) is 2.75. The Hall–Kier alpha value is -1.15. The smallest absolute Gasteiger partial charge is 0.0849 e. The van der Waals surface area contributed by atoms with Crippen LogP contribution in [-0.4, -0.2) is 4.98 Å². The van der Waals surface area contributed by atoms with Gasteiger partial charge in [0.2, 0.25) is 0 Å². The van der Waals surface area contributed by atoms with E-state index in [1.165, 1.54) is 40.6 Å². The minimum absolute atomic E-state index is 1.15. The van der Waals surface area contributed by atoms with Gasteiger partial charge < -0.3 is 0 Å². The molecule has 2 aromatic rings. The summed E-state index contributed by atoms with van der Waals surface area (Å²) < 4.78 is 1.31. The van der Waals surface area contributed by atoms with Crippen LogP contribution in [0.5, 0.6) is 0 Å². The Morgan fingerprint density at radius 2 is 2.18 bits per heavy atom. The van der Waals surface area contributed by atoms with Crippen molar-refractivity contribution in [2.24, 2.45) is 0 Å². The summed E-state index contributed by atoms with van der Waals surface area (Å²) in [5.41, 5.74) is 5.92. The van der Waals surface area contributed by atoms with Crippen molar-refractivity contribution >= 4 is 27.6 Å². The molecule has 0 unspecified atom stereocenters. The largest absolute Gasteiger partial charge is 0.244 e. The Kier molecular flexibility index (Phi) is 4.32. The molecule has 0 N–H and O–H groups in total. The summed E-state index contributed by atoms with van der Waals surface area (Å²) in [5.74, 6) is 0. The molecule has 0 saturated carbocycles. The number of fused-ring (bicyclic) bond motifs is 1. The number of hydrogen-bond donors (Lipinski definition) is 0. The summed E-state index contributed by atoms with van der Waals surface area (Å²) in [6.45, 7) is 4.32. The number of unbranched alkanes of at least 4 members (excludes halogenated alkanes) is 2. The maximum absolute atomic E-state index is 4.52. The fraction of sp³-hybridized carbons (Fsp3) is 0.400. The van der Waals surface area contributed by atoms with Gasteiger partial charge in [-0.25, -0.2) is 4.98 Å². The maximum atomic E-state index is 4.52. The Morgan fingerprint density at radius 3 is 2.94 bits per heavy atom. The van der Waals surface area contributed by atoms with Gasteiger partial charge in [0.1, 0.15) is 0 Å². The van der Waals surface area contributed by atoms with Crippen LogP contribution in [-0.2, 0) is 6.42 Å². The predicted molar refractivity (Wildman–Crippen MR) is 77.6 cm³/mol. The second-order valence-electron chi connectivity index (χ2n) is 4.29. The molecule has 1 aromatic heterocycles. The zero-order valence-electron chi connectivity index (χ0n) is 10.6. The lowest BCUT2D eigenvalue weighted by Crippen LogP contribution is -1.92. The molecular weight excluding hydrogens is 226 g/mol. The highest BCUT2D eigenvalue weighted by Crippen LogP contribution is 2.27. The number of aromatic nitrogens is 1. The van der Waals surface area contributed by atoms with Crippen LogP contribution < -0.4 is 0 Å². The number of rotatable bonds is 5. The summed E-state index contributed by atoms with van der Waals surface area (Å²) >= 11 is 1.73. The van der Waals surface area contributed by atoms with Crippen LogP contribution in [0.3, 0.4) is 0 Å². The number of aryl methyl sites for hydroxylation is 1. The lowest BCUT2D eigenvalue weighted by atomic mass is 10.00. The van der Waals surface area contributed by atoms with Gasteiger partial charge in [-0.2, -0.15) is 0 Å². The van der Waals surface area contributed by atoms with Crippen LogP contribution in [0.2, 0.25) is 0 Å². The molecule has 0 spiro atoms. The van der Waals surface area contributed by atoms with Crippen molar-refractivity contribution < 1.29 is 0 Å². The lowest BCUT2D eigenvalue weighted by Gasteiger charge is -2.07. The van der Waals surface area contributed by atoms with Gasteiger partial charge >= 0.3 is 0 Å². The van der Waals surface area contributed by atoms with Crippen molar-refractivity contribution in [3.63, 3.8) is 0 Å². The molecule has 0 aliphatic heterocycles. The van der Waals surface area contributed by atoms with Crippen LogP contribution in [0.25, 0.3) is 16.3 Å². The molecule has 0 atom stereocenters. The van der Waals surface area contributed by atoms with E-state index in [9.17, 15) is 0 Å². The summed E-state index contributed by atoms with van der Waals surface area (Å²) in [5, 5.41) is 0. The summed E-state index contributed by atoms with van der Waals surface area (Å²) in [4.78, 5) is 4.52. The van der Waals surface area contributed by atoms with Crippen LogP contribution in [0.1, 0.15) is 44.2 Å². The maximum Gasteiger partial charge on any atom is 0.0849 e. The van der Waals surface area contributed by atoms with E-state index in [-0.39, 0.29) is 0 Å². The molecule has 0 saturated heterocycles. The van der Waals surface area contributed by atoms with Crippen molar-refractivity contribution in [2.75, 3.05) is 0 Å². The summed E-state index contributed by atoms with van der Waals surface area (Å²) in [6.07, 6.45) is 9.28. The number of allylic oxidation sites excluding steroid dienone is 1. The molecule has 0 amide bonds. The summed E-state index contributed by atoms with van der Waals surface area (Å²) in [6, 6.07) is 4.41. The third-order valence-corrected chi connectivity index (χ3v) is 3.81. The van der Waals surface area contributed by atoms with E-state index in [0.29, 0.717) is 0 Å². The Bertz CT molecular complexity index is 511. The van der Waals surface area contributed by atoms with E-state index in [1.54, 1.807) is 11.3 Å². The molecule has 0 radical (unpaired) electrons. The first-order chi connectivity index (χ1) is 8.36. The molecule has 0 bridgehead atoms. The highest BCUT2D eigenvalue weighted by atomic mass is 32.1. The fourth-order valence-electron chi connectivity index (χ4n) is 2.15. The van der Waals surface area contributed by atoms with Crippen LogP contribution in [0.15, 0.2) is 23.7 Å². The van der Waals surface area contributed by atoms with Gasteiger partial charge in [0.15, 0.2) is 0 Å². The van der Waals surface area contributed by atoms with Crippen LogP contribution in [0, 0.1) is 0 Å². The van der Waals surface area contributed by atoms with E-state index in [2.05, 4.69) is 43.1 Å². The van der Waals surface area contributed by atoms with Crippen LogP contribution >= 0.6 is 11.3 Å². The molecule has 17 heavy (non-hydrogen) atoms. The predicted octanol–water partition coefficient (Wildman–Crippen LogP) is 5.06.